The van der Waals surface area contributed by atoms with Crippen molar-refractivity contribution in [2.24, 2.45) is 0 Å². The minimum atomic E-state index is -0.104. The van der Waals surface area contributed by atoms with Crippen LogP contribution < -0.4 is 5.32 Å². The number of nitrogens with zero attached hydrogens (tertiary/aromatic N) is 3. The van der Waals surface area contributed by atoms with Crippen LogP contribution in [0.1, 0.15) is 38.6 Å². The largest absolute Gasteiger partial charge is 0.371 e. The molecular formula is C12H23ClN4O2. The summed E-state index contributed by atoms with van der Waals surface area (Å²) < 4.78 is 10.7. The molecule has 1 aromatic rings. The van der Waals surface area contributed by atoms with Gasteiger partial charge in [-0.2, -0.15) is 4.98 Å². The molecule has 2 heterocycles. The molecule has 0 radical (unpaired) electrons. The van der Waals surface area contributed by atoms with Crippen molar-refractivity contribution in [2.45, 2.75) is 39.5 Å². The zero-order valence-corrected chi connectivity index (χ0v) is 12.6. The van der Waals surface area contributed by atoms with Gasteiger partial charge in [-0.1, -0.05) is 5.16 Å². The fourth-order valence-corrected chi connectivity index (χ4v) is 2.11. The highest BCUT2D eigenvalue weighted by Gasteiger charge is 2.21. The van der Waals surface area contributed by atoms with E-state index in [0.29, 0.717) is 30.9 Å². The number of hydrogen-bond donors (Lipinski definition) is 1. The zero-order chi connectivity index (χ0) is 13.0. The maximum absolute atomic E-state index is 5.44. The van der Waals surface area contributed by atoms with Crippen LogP contribution in [0.25, 0.3) is 0 Å². The zero-order valence-electron chi connectivity index (χ0n) is 11.8. The van der Waals surface area contributed by atoms with Gasteiger partial charge >= 0.3 is 0 Å². The third kappa shape index (κ3) is 4.42. The van der Waals surface area contributed by atoms with Crippen LogP contribution in [0.2, 0.25) is 0 Å². The standard InChI is InChI=1S/C12H22N4O2.ClH/c1-4-17-10(3)12-14-11(18-15-12)8-16-6-5-13-7-9(16)2;/h9-10,13H,4-8H2,1-3H3;1H/t9-,10?;/m0./s1. The average Bonchev–Trinajstić information content (AvgIpc) is 2.81. The molecule has 6 nitrogen and oxygen atoms in total. The highest BCUT2D eigenvalue weighted by molar-refractivity contribution is 5.85. The Kier molecular flexibility index (Phi) is 6.71. The molecule has 1 aliphatic heterocycles. The summed E-state index contributed by atoms with van der Waals surface area (Å²) in [5.74, 6) is 1.31. The Morgan fingerprint density at radius 1 is 1.58 bits per heavy atom. The number of ether oxygens (including phenoxy) is 1. The molecule has 19 heavy (non-hydrogen) atoms. The van der Waals surface area contributed by atoms with Gasteiger partial charge in [-0.25, -0.2) is 0 Å². The SMILES string of the molecule is CCOC(C)c1noc(CN2CCNC[C@@H]2C)n1.Cl. The molecule has 7 heteroatoms. The first kappa shape index (κ1) is 16.4. The average molecular weight is 291 g/mol. The van der Waals surface area contributed by atoms with Crippen LogP contribution in [0.15, 0.2) is 4.52 Å². The third-order valence-corrected chi connectivity index (χ3v) is 3.24. The van der Waals surface area contributed by atoms with Crippen molar-refractivity contribution in [3.8, 4) is 0 Å². The van der Waals surface area contributed by atoms with Gasteiger partial charge in [-0.05, 0) is 20.8 Å². The van der Waals surface area contributed by atoms with E-state index in [1.54, 1.807) is 0 Å². The molecule has 0 bridgehead atoms. The molecule has 110 valence electrons. The monoisotopic (exact) mass is 290 g/mol. The van der Waals surface area contributed by atoms with Crippen LogP contribution in [0.5, 0.6) is 0 Å². The van der Waals surface area contributed by atoms with Gasteiger partial charge in [0.2, 0.25) is 5.89 Å². The van der Waals surface area contributed by atoms with E-state index < -0.39 is 0 Å². The predicted octanol–water partition coefficient (Wildman–Crippen LogP) is 1.38. The smallest absolute Gasteiger partial charge is 0.240 e. The molecule has 0 aliphatic carbocycles. The number of rotatable bonds is 5. The lowest BCUT2D eigenvalue weighted by Crippen LogP contribution is -2.49. The summed E-state index contributed by atoms with van der Waals surface area (Å²) >= 11 is 0. The Balaban J connectivity index is 0.00000180. The molecular weight excluding hydrogens is 268 g/mol. The predicted molar refractivity (Wildman–Crippen MR) is 74.3 cm³/mol. The summed E-state index contributed by atoms with van der Waals surface area (Å²) in [6.07, 6.45) is -0.104. The molecule has 1 saturated heterocycles. The summed E-state index contributed by atoms with van der Waals surface area (Å²) in [7, 11) is 0. The molecule has 0 saturated carbocycles. The van der Waals surface area contributed by atoms with Crippen LogP contribution in [-0.4, -0.2) is 47.3 Å². The second-order valence-corrected chi connectivity index (χ2v) is 4.67. The van der Waals surface area contributed by atoms with Crippen molar-refractivity contribution >= 4 is 12.4 Å². The van der Waals surface area contributed by atoms with E-state index >= 15 is 0 Å². The first-order chi connectivity index (χ1) is 8.70. The first-order valence-electron chi connectivity index (χ1n) is 6.59. The minimum Gasteiger partial charge on any atom is -0.371 e. The van der Waals surface area contributed by atoms with Crippen molar-refractivity contribution in [1.29, 1.82) is 0 Å². The summed E-state index contributed by atoms with van der Waals surface area (Å²) in [4.78, 5) is 6.74. The van der Waals surface area contributed by atoms with Crippen molar-refractivity contribution in [3.05, 3.63) is 11.7 Å². The van der Waals surface area contributed by atoms with Gasteiger partial charge in [0.05, 0.1) is 6.54 Å². The Morgan fingerprint density at radius 3 is 3.05 bits per heavy atom. The first-order valence-corrected chi connectivity index (χ1v) is 6.59. The van der Waals surface area contributed by atoms with Crippen LogP contribution in [0, 0.1) is 0 Å². The van der Waals surface area contributed by atoms with Crippen LogP contribution in [-0.2, 0) is 11.3 Å². The topological polar surface area (TPSA) is 63.4 Å². The van der Waals surface area contributed by atoms with Gasteiger partial charge in [-0.15, -0.1) is 12.4 Å². The van der Waals surface area contributed by atoms with Gasteiger partial charge in [0.15, 0.2) is 5.82 Å². The summed E-state index contributed by atoms with van der Waals surface area (Å²) in [6.45, 7) is 10.5. The maximum atomic E-state index is 5.44. The number of halogens is 1. The number of piperazine rings is 1. The van der Waals surface area contributed by atoms with E-state index in [4.69, 9.17) is 9.26 Å². The molecule has 1 aromatic heterocycles. The number of hydrogen-bond acceptors (Lipinski definition) is 6. The van der Waals surface area contributed by atoms with E-state index in [2.05, 4.69) is 27.3 Å². The van der Waals surface area contributed by atoms with E-state index in [1.807, 2.05) is 13.8 Å². The Bertz CT molecular complexity index is 374. The minimum absolute atomic E-state index is 0. The van der Waals surface area contributed by atoms with Gasteiger partial charge in [0.1, 0.15) is 6.10 Å². The van der Waals surface area contributed by atoms with Crippen LogP contribution in [0.4, 0.5) is 0 Å². The van der Waals surface area contributed by atoms with Crippen molar-refractivity contribution in [2.75, 3.05) is 26.2 Å². The lowest BCUT2D eigenvalue weighted by Gasteiger charge is -2.32. The lowest BCUT2D eigenvalue weighted by atomic mass is 10.2. The number of aromatic nitrogens is 2. The van der Waals surface area contributed by atoms with Crippen LogP contribution in [0.3, 0.4) is 0 Å². The van der Waals surface area contributed by atoms with Crippen molar-refractivity contribution in [1.82, 2.24) is 20.4 Å². The number of nitrogens with one attached hydrogen (secondary N) is 1. The summed E-state index contributed by atoms with van der Waals surface area (Å²) in [6, 6.07) is 0.499. The molecule has 0 aromatic carbocycles. The van der Waals surface area contributed by atoms with Crippen molar-refractivity contribution < 1.29 is 9.26 Å². The van der Waals surface area contributed by atoms with Crippen molar-refractivity contribution in [3.63, 3.8) is 0 Å². The normalized spacial score (nSPS) is 21.9. The summed E-state index contributed by atoms with van der Waals surface area (Å²) in [5.41, 5.74) is 0. The Morgan fingerprint density at radius 2 is 2.37 bits per heavy atom. The molecule has 0 amide bonds. The van der Waals surface area contributed by atoms with Gasteiger partial charge < -0.3 is 14.6 Å². The summed E-state index contributed by atoms with van der Waals surface area (Å²) in [5, 5.41) is 7.33. The highest BCUT2D eigenvalue weighted by Crippen LogP contribution is 2.14. The van der Waals surface area contributed by atoms with E-state index in [0.717, 1.165) is 19.6 Å². The molecule has 2 rings (SSSR count). The second kappa shape index (κ2) is 7.79. The molecule has 1 fully saturated rings. The maximum Gasteiger partial charge on any atom is 0.240 e. The quantitative estimate of drug-likeness (QED) is 0.884. The third-order valence-electron chi connectivity index (χ3n) is 3.24. The fourth-order valence-electron chi connectivity index (χ4n) is 2.11. The van der Waals surface area contributed by atoms with E-state index in [1.165, 1.54) is 0 Å². The molecule has 1 aliphatic rings. The molecule has 1 N–H and O–H groups in total. The molecule has 2 atom stereocenters. The lowest BCUT2D eigenvalue weighted by molar-refractivity contribution is 0.0683. The van der Waals surface area contributed by atoms with Gasteiger partial charge in [-0.3, -0.25) is 4.90 Å². The Labute approximate surface area is 120 Å². The fraction of sp³-hybridized carbons (Fsp3) is 0.833. The van der Waals surface area contributed by atoms with E-state index in [-0.39, 0.29) is 18.5 Å². The van der Waals surface area contributed by atoms with Crippen LogP contribution >= 0.6 is 12.4 Å². The Hall–Kier alpha value is -0.690. The van der Waals surface area contributed by atoms with Gasteiger partial charge in [0.25, 0.3) is 0 Å². The molecule has 1 unspecified atom stereocenters. The van der Waals surface area contributed by atoms with E-state index in [9.17, 15) is 0 Å². The van der Waals surface area contributed by atoms with Gasteiger partial charge in [0, 0.05) is 32.3 Å². The molecule has 0 spiro atoms. The highest BCUT2D eigenvalue weighted by atomic mass is 35.5. The second-order valence-electron chi connectivity index (χ2n) is 4.67.